The Balaban J connectivity index is 1.65. The third kappa shape index (κ3) is 3.86. The molecule has 0 saturated carbocycles. The number of nitrogens with zero attached hydrogens (tertiary/aromatic N) is 1. The van der Waals surface area contributed by atoms with Crippen LogP contribution < -0.4 is 16.2 Å². The normalized spacial score (nSPS) is 14.7. The summed E-state index contributed by atoms with van der Waals surface area (Å²) in [7, 11) is 0. The summed E-state index contributed by atoms with van der Waals surface area (Å²) in [6, 6.07) is 12.2. The van der Waals surface area contributed by atoms with Gasteiger partial charge in [0.25, 0.3) is 0 Å². The molecule has 1 saturated heterocycles. The summed E-state index contributed by atoms with van der Waals surface area (Å²) in [5.41, 5.74) is 13.5. The van der Waals surface area contributed by atoms with Gasteiger partial charge < -0.3 is 16.2 Å². The third-order valence-electron chi connectivity index (χ3n) is 4.32. The van der Waals surface area contributed by atoms with Crippen molar-refractivity contribution in [1.29, 1.82) is 0 Å². The number of hydrogen-bond acceptors (Lipinski definition) is 5. The maximum atomic E-state index is 12.6. The number of hydrogen-bond donors (Lipinski definition) is 2. The van der Waals surface area contributed by atoms with Gasteiger partial charge in [-0.2, -0.15) is 0 Å². The fourth-order valence-corrected chi connectivity index (χ4v) is 2.91. The third-order valence-corrected chi connectivity index (χ3v) is 4.32. The van der Waals surface area contributed by atoms with E-state index in [0.29, 0.717) is 34.9 Å². The predicted molar refractivity (Wildman–Crippen MR) is 96.3 cm³/mol. The van der Waals surface area contributed by atoms with E-state index in [1.54, 1.807) is 30.3 Å². The molecule has 4 N–H and O–H groups in total. The first-order valence-corrected chi connectivity index (χ1v) is 8.28. The summed E-state index contributed by atoms with van der Waals surface area (Å²) < 4.78 is 5.80. The van der Waals surface area contributed by atoms with E-state index in [1.807, 2.05) is 12.1 Å². The quantitative estimate of drug-likeness (QED) is 0.630. The van der Waals surface area contributed by atoms with E-state index in [2.05, 4.69) is 4.90 Å². The van der Waals surface area contributed by atoms with Gasteiger partial charge in [0.05, 0.1) is 11.4 Å². The molecule has 0 amide bonds. The van der Waals surface area contributed by atoms with Crippen molar-refractivity contribution in [1.82, 2.24) is 4.90 Å². The Bertz CT molecular complexity index is 724. The summed E-state index contributed by atoms with van der Waals surface area (Å²) in [4.78, 5) is 15.0. The van der Waals surface area contributed by atoms with Crippen LogP contribution >= 0.6 is 0 Å². The molecule has 1 aliphatic rings. The standard InChI is InChI=1S/C19H23N3O2/c20-17-7-6-15(13-18(17)21)19(23)14-4-3-5-16(12-14)24-11-10-22-8-1-2-9-22/h3-7,12-13H,1-2,8-11,20-21H2. The zero-order chi connectivity index (χ0) is 16.9. The molecule has 1 heterocycles. The molecule has 126 valence electrons. The van der Waals surface area contributed by atoms with Crippen LogP contribution in [0.15, 0.2) is 42.5 Å². The molecule has 2 aromatic carbocycles. The molecule has 3 rings (SSSR count). The zero-order valence-electron chi connectivity index (χ0n) is 13.7. The lowest BCUT2D eigenvalue weighted by molar-refractivity contribution is 0.103. The van der Waals surface area contributed by atoms with Gasteiger partial charge in [0.2, 0.25) is 0 Å². The second-order valence-corrected chi connectivity index (χ2v) is 6.10. The summed E-state index contributed by atoms with van der Waals surface area (Å²) in [5.74, 6) is 0.621. The van der Waals surface area contributed by atoms with Gasteiger partial charge in [0, 0.05) is 17.7 Å². The number of carbonyl (C=O) groups excluding carboxylic acids is 1. The molecule has 2 aromatic rings. The molecule has 0 aliphatic carbocycles. The average Bonchev–Trinajstić information content (AvgIpc) is 3.10. The Morgan fingerprint density at radius 2 is 1.75 bits per heavy atom. The van der Waals surface area contributed by atoms with Crippen molar-refractivity contribution >= 4 is 17.2 Å². The van der Waals surface area contributed by atoms with Crippen LogP contribution in [0.4, 0.5) is 11.4 Å². The molecular formula is C19H23N3O2. The Hall–Kier alpha value is -2.53. The maximum Gasteiger partial charge on any atom is 0.193 e. The number of rotatable bonds is 6. The molecule has 0 radical (unpaired) electrons. The van der Waals surface area contributed by atoms with E-state index in [4.69, 9.17) is 16.2 Å². The van der Waals surface area contributed by atoms with Crippen molar-refractivity contribution in [2.24, 2.45) is 0 Å². The number of benzene rings is 2. The topological polar surface area (TPSA) is 81.6 Å². The highest BCUT2D eigenvalue weighted by molar-refractivity contribution is 6.10. The van der Waals surface area contributed by atoms with Crippen molar-refractivity contribution in [2.75, 3.05) is 37.7 Å². The summed E-state index contributed by atoms with van der Waals surface area (Å²) in [6.07, 6.45) is 2.55. The van der Waals surface area contributed by atoms with E-state index in [1.165, 1.54) is 12.8 Å². The second kappa shape index (κ2) is 7.36. The molecule has 1 aliphatic heterocycles. The molecule has 0 unspecified atom stereocenters. The number of anilines is 2. The summed E-state index contributed by atoms with van der Waals surface area (Å²) in [5, 5.41) is 0. The van der Waals surface area contributed by atoms with Crippen LogP contribution in [-0.4, -0.2) is 36.9 Å². The van der Waals surface area contributed by atoms with Gasteiger partial charge in [-0.25, -0.2) is 0 Å². The predicted octanol–water partition coefficient (Wildman–Crippen LogP) is 2.56. The molecule has 5 nitrogen and oxygen atoms in total. The molecular weight excluding hydrogens is 302 g/mol. The first kappa shape index (κ1) is 16.3. The van der Waals surface area contributed by atoms with Crippen molar-refractivity contribution < 1.29 is 9.53 Å². The molecule has 1 fully saturated rings. The van der Waals surface area contributed by atoms with E-state index >= 15 is 0 Å². The van der Waals surface area contributed by atoms with Gasteiger partial charge in [-0.15, -0.1) is 0 Å². The fraction of sp³-hybridized carbons (Fsp3) is 0.316. The highest BCUT2D eigenvalue weighted by Gasteiger charge is 2.13. The van der Waals surface area contributed by atoms with Gasteiger partial charge in [-0.05, 0) is 56.3 Å². The number of nitrogen functional groups attached to an aromatic ring is 2. The maximum absolute atomic E-state index is 12.6. The zero-order valence-corrected chi connectivity index (χ0v) is 13.7. The SMILES string of the molecule is Nc1ccc(C(=O)c2cccc(OCCN3CCCC3)c2)cc1N. The summed E-state index contributed by atoms with van der Waals surface area (Å²) in [6.45, 7) is 3.86. The van der Waals surface area contributed by atoms with Gasteiger partial charge in [-0.3, -0.25) is 9.69 Å². The van der Waals surface area contributed by atoms with Crippen LogP contribution in [0.25, 0.3) is 0 Å². The van der Waals surface area contributed by atoms with Crippen molar-refractivity contribution in [2.45, 2.75) is 12.8 Å². The lowest BCUT2D eigenvalue weighted by Gasteiger charge is -2.15. The number of ether oxygens (including phenoxy) is 1. The molecule has 0 bridgehead atoms. The Morgan fingerprint density at radius 1 is 1.00 bits per heavy atom. The molecule has 0 aromatic heterocycles. The van der Waals surface area contributed by atoms with Crippen LogP contribution in [-0.2, 0) is 0 Å². The number of ketones is 1. The largest absolute Gasteiger partial charge is 0.492 e. The van der Waals surface area contributed by atoms with Crippen LogP contribution in [0, 0.1) is 0 Å². The van der Waals surface area contributed by atoms with Gasteiger partial charge in [0.15, 0.2) is 5.78 Å². The van der Waals surface area contributed by atoms with E-state index in [-0.39, 0.29) is 5.78 Å². The van der Waals surface area contributed by atoms with Crippen LogP contribution in [0.5, 0.6) is 5.75 Å². The van der Waals surface area contributed by atoms with Gasteiger partial charge in [0.1, 0.15) is 12.4 Å². The first-order valence-electron chi connectivity index (χ1n) is 8.28. The minimum absolute atomic E-state index is 0.0910. The molecule has 24 heavy (non-hydrogen) atoms. The monoisotopic (exact) mass is 325 g/mol. The lowest BCUT2D eigenvalue weighted by atomic mass is 10.0. The van der Waals surface area contributed by atoms with Crippen molar-refractivity contribution in [3.63, 3.8) is 0 Å². The summed E-state index contributed by atoms with van der Waals surface area (Å²) >= 11 is 0. The Morgan fingerprint density at radius 3 is 2.50 bits per heavy atom. The van der Waals surface area contributed by atoms with Crippen molar-refractivity contribution in [3.8, 4) is 5.75 Å². The Kier molecular flexibility index (Phi) is 5.01. The second-order valence-electron chi connectivity index (χ2n) is 6.10. The van der Waals surface area contributed by atoms with Crippen LogP contribution in [0.1, 0.15) is 28.8 Å². The van der Waals surface area contributed by atoms with Crippen molar-refractivity contribution in [3.05, 3.63) is 53.6 Å². The number of carbonyl (C=O) groups is 1. The van der Waals surface area contributed by atoms with Crippen LogP contribution in [0.2, 0.25) is 0 Å². The van der Waals surface area contributed by atoms with Crippen LogP contribution in [0.3, 0.4) is 0 Å². The van der Waals surface area contributed by atoms with Gasteiger partial charge >= 0.3 is 0 Å². The van der Waals surface area contributed by atoms with E-state index in [0.717, 1.165) is 19.6 Å². The Labute approximate surface area is 142 Å². The highest BCUT2D eigenvalue weighted by Crippen LogP contribution is 2.21. The smallest absolute Gasteiger partial charge is 0.193 e. The molecule has 0 atom stereocenters. The van der Waals surface area contributed by atoms with E-state index < -0.39 is 0 Å². The minimum Gasteiger partial charge on any atom is -0.492 e. The fourth-order valence-electron chi connectivity index (χ4n) is 2.91. The highest BCUT2D eigenvalue weighted by atomic mass is 16.5. The lowest BCUT2D eigenvalue weighted by Crippen LogP contribution is -2.25. The van der Waals surface area contributed by atoms with Gasteiger partial charge in [-0.1, -0.05) is 12.1 Å². The first-order chi connectivity index (χ1) is 11.6. The number of likely N-dealkylation sites (tertiary alicyclic amines) is 1. The molecule has 0 spiro atoms. The minimum atomic E-state index is -0.0910. The molecule has 5 heteroatoms. The average molecular weight is 325 g/mol. The number of nitrogens with two attached hydrogens (primary N) is 2. The van der Waals surface area contributed by atoms with E-state index in [9.17, 15) is 4.79 Å².